The van der Waals surface area contributed by atoms with Crippen molar-refractivity contribution in [3.05, 3.63) is 0 Å². The Morgan fingerprint density at radius 3 is 0.579 bits per heavy atom. The summed E-state index contributed by atoms with van der Waals surface area (Å²) in [5.74, 6) is 0. The van der Waals surface area contributed by atoms with Crippen molar-refractivity contribution in [3.63, 3.8) is 0 Å². The summed E-state index contributed by atoms with van der Waals surface area (Å²) in [7, 11) is 10.6. The Hall–Kier alpha value is 1.10. The first-order valence-electron chi connectivity index (χ1n) is 5.90. The van der Waals surface area contributed by atoms with Gasteiger partial charge >= 0.3 is 40.4 Å². The largest absolute Gasteiger partial charge is 3.00 e. The molecule has 1 radical (unpaired) electrons. The van der Waals surface area contributed by atoms with Gasteiger partial charge in [0, 0.05) is 0 Å². The second-order valence-corrected chi connectivity index (χ2v) is 4.69. The average Bonchev–Trinajstić information content (AvgIpc) is 2.18. The molecule has 0 aliphatic heterocycles. The van der Waals surface area contributed by atoms with E-state index < -0.39 is 18.7 Å². The van der Waals surface area contributed by atoms with E-state index in [1.807, 2.05) is 0 Å². The van der Waals surface area contributed by atoms with E-state index in [0.29, 0.717) is 0 Å². The fraction of sp³-hybridized carbons (Fsp3) is 1.00. The zero-order valence-corrected chi connectivity index (χ0v) is 16.3. The molecule has 6 nitrogen and oxygen atoms in total. The predicted molar refractivity (Wildman–Crippen MR) is 69.4 cm³/mol. The van der Waals surface area contributed by atoms with Gasteiger partial charge in [-0.25, -0.2) is 0 Å². The van der Waals surface area contributed by atoms with Crippen LogP contribution in [0.25, 0.3) is 0 Å². The standard InChI is InChI=1S/3C4H10NO.Sm/c3*1-4(6)5(2)3;/h3*4H,1-3H3;/q3*-1;+3. The van der Waals surface area contributed by atoms with E-state index in [-0.39, 0.29) is 40.4 Å². The zero-order valence-electron chi connectivity index (χ0n) is 13.7. The second kappa shape index (κ2) is 17.2. The molecule has 0 aromatic rings. The van der Waals surface area contributed by atoms with Crippen LogP contribution in [0.5, 0.6) is 0 Å². The number of hydrogen-bond donors (Lipinski definition) is 0. The molecule has 3 unspecified atom stereocenters. The van der Waals surface area contributed by atoms with E-state index in [9.17, 15) is 15.3 Å². The molecule has 0 rings (SSSR count). The smallest absolute Gasteiger partial charge is 0.841 e. The molecule has 0 bridgehead atoms. The summed E-state index contributed by atoms with van der Waals surface area (Å²) < 4.78 is 0. The summed E-state index contributed by atoms with van der Waals surface area (Å²) >= 11 is 0. The van der Waals surface area contributed by atoms with Crippen molar-refractivity contribution in [3.8, 4) is 0 Å². The molecule has 3 atom stereocenters. The van der Waals surface area contributed by atoms with Crippen LogP contribution < -0.4 is 15.3 Å². The summed E-state index contributed by atoms with van der Waals surface area (Å²) in [6.45, 7) is 4.83. The molecule has 0 spiro atoms. The minimum atomic E-state index is -0.565. The fourth-order valence-electron chi connectivity index (χ4n) is 0. The Morgan fingerprint density at radius 2 is 0.579 bits per heavy atom. The quantitative estimate of drug-likeness (QED) is 0.486. The molecule has 0 amide bonds. The third-order valence-corrected chi connectivity index (χ3v) is 2.18. The first-order valence-corrected chi connectivity index (χ1v) is 5.90. The Kier molecular flexibility index (Phi) is 25.5. The van der Waals surface area contributed by atoms with Crippen LogP contribution in [-0.4, -0.2) is 75.7 Å². The first kappa shape index (κ1) is 28.3. The molecule has 0 aliphatic rings. The molecule has 0 heterocycles. The summed E-state index contributed by atoms with van der Waals surface area (Å²) in [6, 6.07) is 0. The van der Waals surface area contributed by atoms with Crippen molar-refractivity contribution >= 4 is 0 Å². The van der Waals surface area contributed by atoms with E-state index >= 15 is 0 Å². The van der Waals surface area contributed by atoms with Crippen molar-refractivity contribution in [2.24, 2.45) is 0 Å². The zero-order chi connectivity index (χ0) is 15.5. The third kappa shape index (κ3) is 32.5. The maximum atomic E-state index is 10.2. The van der Waals surface area contributed by atoms with Gasteiger partial charge < -0.3 is 30.0 Å². The third-order valence-electron chi connectivity index (χ3n) is 2.18. The average molecular weight is 415 g/mol. The minimum Gasteiger partial charge on any atom is -0.841 e. The molecular formula is C12H30N3O3Sm. The SMILES string of the molecule is CC([O-])N(C)C.CC([O-])N(C)C.CC([O-])N(C)C.[Sm+3]. The molecule has 0 saturated heterocycles. The van der Waals surface area contributed by atoms with Gasteiger partial charge in [0.25, 0.3) is 0 Å². The van der Waals surface area contributed by atoms with E-state index in [0.717, 1.165) is 0 Å². The van der Waals surface area contributed by atoms with Crippen LogP contribution in [0.1, 0.15) is 20.8 Å². The minimum absolute atomic E-state index is 0. The topological polar surface area (TPSA) is 78.9 Å². The van der Waals surface area contributed by atoms with Gasteiger partial charge in [-0.2, -0.15) is 0 Å². The van der Waals surface area contributed by atoms with Crippen LogP contribution in [0.15, 0.2) is 0 Å². The maximum Gasteiger partial charge on any atom is 3.00 e. The van der Waals surface area contributed by atoms with Gasteiger partial charge in [0.2, 0.25) is 0 Å². The predicted octanol–water partition coefficient (Wildman–Crippen LogP) is -2.24. The number of nitrogens with zero attached hydrogens (tertiary/aromatic N) is 3. The molecule has 0 aromatic heterocycles. The number of rotatable bonds is 3. The molecule has 0 saturated carbocycles. The van der Waals surface area contributed by atoms with Gasteiger partial charge in [0.1, 0.15) is 0 Å². The van der Waals surface area contributed by atoms with Crippen LogP contribution in [0, 0.1) is 40.4 Å². The summed E-state index contributed by atoms with van der Waals surface area (Å²) in [6.07, 6.45) is -1.69. The van der Waals surface area contributed by atoms with Crippen molar-refractivity contribution in [1.29, 1.82) is 0 Å². The molecule has 0 aromatic carbocycles. The normalized spacial score (nSPS) is 14.7. The van der Waals surface area contributed by atoms with Crippen LogP contribution >= 0.6 is 0 Å². The van der Waals surface area contributed by atoms with Crippen molar-refractivity contribution in [2.75, 3.05) is 42.3 Å². The van der Waals surface area contributed by atoms with Gasteiger partial charge in [0.15, 0.2) is 0 Å². The molecular weight excluding hydrogens is 385 g/mol. The fourth-order valence-corrected chi connectivity index (χ4v) is 0. The van der Waals surface area contributed by atoms with E-state index in [4.69, 9.17) is 0 Å². The van der Waals surface area contributed by atoms with Gasteiger partial charge in [-0.15, -0.1) is 0 Å². The summed E-state index contributed by atoms with van der Waals surface area (Å²) in [5, 5.41) is 30.5. The monoisotopic (exact) mass is 416 g/mol. The van der Waals surface area contributed by atoms with Gasteiger partial charge in [-0.05, 0) is 42.3 Å². The van der Waals surface area contributed by atoms with Crippen molar-refractivity contribution < 1.29 is 55.7 Å². The van der Waals surface area contributed by atoms with Gasteiger partial charge in [-0.3, -0.25) is 0 Å². The van der Waals surface area contributed by atoms with Crippen molar-refractivity contribution in [2.45, 2.75) is 39.5 Å². The summed E-state index contributed by atoms with van der Waals surface area (Å²) in [5.41, 5.74) is 0. The molecule has 19 heavy (non-hydrogen) atoms. The van der Waals surface area contributed by atoms with E-state index in [1.54, 1.807) is 77.8 Å². The maximum absolute atomic E-state index is 10.2. The number of hydrogen-bond acceptors (Lipinski definition) is 6. The van der Waals surface area contributed by atoms with Crippen LogP contribution in [0.4, 0.5) is 0 Å². The van der Waals surface area contributed by atoms with E-state index in [1.165, 1.54) is 0 Å². The Labute approximate surface area is 151 Å². The molecule has 117 valence electrons. The van der Waals surface area contributed by atoms with Gasteiger partial charge in [-0.1, -0.05) is 39.5 Å². The molecule has 0 fully saturated rings. The summed E-state index contributed by atoms with van der Waals surface area (Å²) in [4.78, 5) is 4.83. The molecule has 0 aliphatic carbocycles. The van der Waals surface area contributed by atoms with Crippen LogP contribution in [0.3, 0.4) is 0 Å². The first-order chi connectivity index (χ1) is 7.93. The molecule has 0 N–H and O–H groups in total. The Morgan fingerprint density at radius 1 is 0.526 bits per heavy atom. The van der Waals surface area contributed by atoms with Crippen LogP contribution in [-0.2, 0) is 0 Å². The Bertz CT molecular complexity index is 120. The van der Waals surface area contributed by atoms with Gasteiger partial charge in [0.05, 0.1) is 0 Å². The molecule has 7 heteroatoms. The van der Waals surface area contributed by atoms with Crippen LogP contribution in [0.2, 0.25) is 0 Å². The second-order valence-electron chi connectivity index (χ2n) is 4.69. The van der Waals surface area contributed by atoms with E-state index in [2.05, 4.69) is 0 Å². The van der Waals surface area contributed by atoms with Crippen molar-refractivity contribution in [1.82, 2.24) is 14.7 Å². The Balaban J connectivity index is -0.0000000865.